The second-order valence-electron chi connectivity index (χ2n) is 9.18. The smallest absolute Gasteiger partial charge is 0.404 e. The highest BCUT2D eigenvalue weighted by molar-refractivity contribution is 7.80. The Morgan fingerprint density at radius 3 is 1.88 bits per heavy atom. The number of aryl methyl sites for hydroxylation is 1. The number of ketones is 1. The number of Topliss-reactive ketones (excluding diaryl/α,β-unsaturated/α-hetero) is 1. The Morgan fingerprint density at radius 1 is 0.909 bits per heavy atom. The first-order valence-electron chi connectivity index (χ1n) is 12.8. The van der Waals surface area contributed by atoms with Gasteiger partial charge in [-0.25, -0.2) is 8.54 Å². The molecule has 0 aromatic heterocycles. The summed E-state index contributed by atoms with van der Waals surface area (Å²) in [5.74, 6) is 0.642. The number of hydrogen-bond acceptors (Lipinski definition) is 5. The summed E-state index contributed by atoms with van der Waals surface area (Å²) in [4.78, 5) is 21.7. The summed E-state index contributed by atoms with van der Waals surface area (Å²) in [5, 5.41) is 0. The van der Waals surface area contributed by atoms with Crippen LogP contribution in [0.4, 0.5) is 0 Å². The van der Waals surface area contributed by atoms with Gasteiger partial charge in [-0.2, -0.15) is 0 Å². The summed E-state index contributed by atoms with van der Waals surface area (Å²) in [6.07, 6.45) is 19.3. The van der Waals surface area contributed by atoms with Crippen molar-refractivity contribution in [2.24, 2.45) is 5.92 Å². The molecule has 1 N–H and O–H groups in total. The van der Waals surface area contributed by atoms with E-state index in [0.717, 1.165) is 31.2 Å². The van der Waals surface area contributed by atoms with E-state index in [4.69, 9.17) is 4.52 Å². The minimum Gasteiger partial charge on any atom is -0.404 e. The Balaban J connectivity index is 2.05. The average Bonchev–Trinajstić information content (AvgIpc) is 2.81. The molecule has 0 bridgehead atoms. The van der Waals surface area contributed by atoms with Crippen LogP contribution >= 0.6 is 20.7 Å². The molecule has 0 fully saturated rings. The highest BCUT2D eigenvalue weighted by Gasteiger charge is 2.21. The van der Waals surface area contributed by atoms with Gasteiger partial charge < -0.3 is 4.52 Å². The molecule has 0 aliphatic carbocycles. The van der Waals surface area contributed by atoms with Crippen molar-refractivity contribution >= 4 is 26.5 Å². The number of carbonyl (C=O) groups is 1. The van der Waals surface area contributed by atoms with Crippen molar-refractivity contribution < 1.29 is 22.7 Å². The van der Waals surface area contributed by atoms with E-state index >= 15 is 0 Å². The second kappa shape index (κ2) is 18.5. The number of thiol groups is 1. The minimum atomic E-state index is -4.16. The van der Waals surface area contributed by atoms with E-state index in [1.165, 1.54) is 70.6 Å². The number of benzene rings is 1. The van der Waals surface area contributed by atoms with Gasteiger partial charge in [0, 0.05) is 12.3 Å². The van der Waals surface area contributed by atoms with E-state index in [1.54, 1.807) is 12.1 Å². The average molecular weight is 501 g/mol. The Kier molecular flexibility index (Phi) is 17.0. The van der Waals surface area contributed by atoms with E-state index in [-0.39, 0.29) is 11.7 Å². The predicted octanol–water partition coefficient (Wildman–Crippen LogP) is 8.65. The molecule has 1 aromatic carbocycles. The number of phosphoric ester groups is 1. The lowest BCUT2D eigenvalue weighted by molar-refractivity contribution is -0.122. The SMILES string of the molecule is CCCCCCCCCCCCCCCC(=O)[C@H](C)CCc1ccc(OP(=O)(O)OS)cc1. The molecule has 0 aliphatic heterocycles. The van der Waals surface area contributed by atoms with Gasteiger partial charge in [0.05, 0.1) is 0 Å². The van der Waals surface area contributed by atoms with Crippen molar-refractivity contribution in [2.45, 2.75) is 117 Å². The van der Waals surface area contributed by atoms with E-state index in [9.17, 15) is 14.3 Å². The maximum atomic E-state index is 12.4. The van der Waals surface area contributed by atoms with E-state index in [0.29, 0.717) is 12.2 Å². The molecule has 33 heavy (non-hydrogen) atoms. The van der Waals surface area contributed by atoms with Gasteiger partial charge in [0.1, 0.15) is 11.5 Å². The van der Waals surface area contributed by atoms with Gasteiger partial charge in [-0.15, -0.1) is 0 Å². The molecule has 0 saturated heterocycles. The fourth-order valence-electron chi connectivity index (χ4n) is 3.97. The van der Waals surface area contributed by atoms with Crippen LogP contribution in [0.15, 0.2) is 24.3 Å². The Bertz CT molecular complexity index is 680. The second-order valence-corrected chi connectivity index (χ2v) is 11.0. The summed E-state index contributed by atoms with van der Waals surface area (Å²) in [6, 6.07) is 6.89. The van der Waals surface area contributed by atoms with Crippen LogP contribution in [0.1, 0.15) is 116 Å². The van der Waals surface area contributed by atoms with Crippen molar-refractivity contribution in [2.75, 3.05) is 0 Å². The van der Waals surface area contributed by atoms with Crippen LogP contribution in [0, 0.1) is 5.92 Å². The Morgan fingerprint density at radius 2 is 1.39 bits per heavy atom. The molecular weight excluding hydrogens is 455 g/mol. The quantitative estimate of drug-likeness (QED) is 0.0765. The molecular formula is C26H45O5PS. The summed E-state index contributed by atoms with van der Waals surface area (Å²) >= 11 is 3.32. The molecule has 0 spiro atoms. The molecule has 1 aromatic rings. The lowest BCUT2D eigenvalue weighted by atomic mass is 9.94. The highest BCUT2D eigenvalue weighted by Crippen LogP contribution is 2.44. The van der Waals surface area contributed by atoms with Crippen molar-refractivity contribution in [3.63, 3.8) is 0 Å². The van der Waals surface area contributed by atoms with Crippen molar-refractivity contribution in [3.8, 4) is 5.75 Å². The summed E-state index contributed by atoms with van der Waals surface area (Å²) < 4.78 is 20.3. The van der Waals surface area contributed by atoms with E-state index < -0.39 is 7.82 Å². The summed E-state index contributed by atoms with van der Waals surface area (Å²) in [7, 11) is -4.16. The molecule has 7 heteroatoms. The van der Waals surface area contributed by atoms with Crippen molar-refractivity contribution in [1.82, 2.24) is 0 Å². The fourth-order valence-corrected chi connectivity index (χ4v) is 4.50. The van der Waals surface area contributed by atoms with Gasteiger partial charge in [-0.1, -0.05) is 103 Å². The number of hydrogen-bond donors (Lipinski definition) is 2. The van der Waals surface area contributed by atoms with Gasteiger partial charge in [-0.3, -0.25) is 9.69 Å². The maximum absolute atomic E-state index is 12.4. The van der Waals surface area contributed by atoms with Crippen LogP contribution in [-0.2, 0) is 19.8 Å². The molecule has 0 aliphatic rings. The fraction of sp³-hybridized carbons (Fsp3) is 0.731. The first-order chi connectivity index (χ1) is 15.9. The third kappa shape index (κ3) is 15.7. The standard InChI is InChI=1S/C26H45O5PS/c1-3-4-5-6-7-8-9-10-11-12-13-14-15-16-26(27)23(2)17-18-24-19-21-25(22-20-24)30-32(28,29)31-33/h19-23,33H,3-18H2,1-2H3,(H,28,29)/t23-/m1/s1. The molecule has 2 atom stereocenters. The Labute approximate surface area is 207 Å². The van der Waals surface area contributed by atoms with Crippen LogP contribution in [0.3, 0.4) is 0 Å². The molecule has 0 amide bonds. The third-order valence-corrected chi connectivity index (χ3v) is 7.46. The number of carbonyl (C=O) groups excluding carboxylic acids is 1. The normalized spacial score (nSPS) is 14.1. The lowest BCUT2D eigenvalue weighted by Gasteiger charge is -2.12. The monoisotopic (exact) mass is 500 g/mol. The zero-order valence-corrected chi connectivity index (χ0v) is 22.5. The zero-order valence-electron chi connectivity index (χ0n) is 20.7. The molecule has 0 radical (unpaired) electrons. The first kappa shape index (κ1) is 30.2. The van der Waals surface area contributed by atoms with Gasteiger partial charge >= 0.3 is 7.82 Å². The first-order valence-corrected chi connectivity index (χ1v) is 14.7. The molecule has 5 nitrogen and oxygen atoms in total. The minimum absolute atomic E-state index is 0.0495. The number of rotatable bonds is 21. The van der Waals surface area contributed by atoms with Gasteiger partial charge in [-0.05, 0) is 49.9 Å². The van der Waals surface area contributed by atoms with E-state index in [2.05, 4.69) is 23.8 Å². The number of unbranched alkanes of at least 4 members (excludes halogenated alkanes) is 12. The molecule has 190 valence electrons. The van der Waals surface area contributed by atoms with Crippen LogP contribution in [0.2, 0.25) is 0 Å². The van der Waals surface area contributed by atoms with Crippen LogP contribution in [0.25, 0.3) is 0 Å². The van der Waals surface area contributed by atoms with Crippen LogP contribution in [-0.4, -0.2) is 10.7 Å². The van der Waals surface area contributed by atoms with Gasteiger partial charge in [0.2, 0.25) is 0 Å². The van der Waals surface area contributed by atoms with Gasteiger partial charge in [0.15, 0.2) is 0 Å². The predicted molar refractivity (Wildman–Crippen MR) is 140 cm³/mol. The lowest BCUT2D eigenvalue weighted by Crippen LogP contribution is -2.11. The van der Waals surface area contributed by atoms with Crippen molar-refractivity contribution in [1.29, 1.82) is 0 Å². The molecule has 1 unspecified atom stereocenters. The highest BCUT2D eigenvalue weighted by atomic mass is 32.1. The maximum Gasteiger partial charge on any atom is 0.538 e. The van der Waals surface area contributed by atoms with Crippen LogP contribution in [0.5, 0.6) is 5.75 Å². The molecule has 0 saturated carbocycles. The van der Waals surface area contributed by atoms with Crippen LogP contribution < -0.4 is 4.52 Å². The third-order valence-electron chi connectivity index (χ3n) is 6.19. The van der Waals surface area contributed by atoms with Gasteiger partial charge in [0.25, 0.3) is 0 Å². The topological polar surface area (TPSA) is 72.8 Å². The number of phosphoric acid groups is 1. The Hall–Kier alpha value is -0.810. The van der Waals surface area contributed by atoms with E-state index in [1.807, 2.05) is 19.1 Å². The summed E-state index contributed by atoms with van der Waals surface area (Å²) in [6.45, 7) is 4.27. The zero-order chi connectivity index (χ0) is 24.4. The summed E-state index contributed by atoms with van der Waals surface area (Å²) in [5.41, 5.74) is 1.06. The van der Waals surface area contributed by atoms with Crippen molar-refractivity contribution in [3.05, 3.63) is 29.8 Å². The largest absolute Gasteiger partial charge is 0.538 e. The molecule has 0 heterocycles. The molecule has 1 rings (SSSR count).